The second-order valence-corrected chi connectivity index (χ2v) is 7.17. The molecule has 1 N–H and O–H groups in total. The van der Waals surface area contributed by atoms with Gasteiger partial charge >= 0.3 is 12.1 Å². The predicted molar refractivity (Wildman–Crippen MR) is 85.6 cm³/mol. The second-order valence-electron chi connectivity index (χ2n) is 7.17. The number of carbonyl (C=O) groups excluding carboxylic acids is 2. The molecule has 0 bridgehead atoms. The summed E-state index contributed by atoms with van der Waals surface area (Å²) >= 11 is 0. The number of nitrogens with one attached hydrogen (secondary N) is 1. The van der Waals surface area contributed by atoms with E-state index >= 15 is 0 Å². The van der Waals surface area contributed by atoms with Crippen molar-refractivity contribution >= 4 is 12.1 Å². The summed E-state index contributed by atoms with van der Waals surface area (Å²) in [6, 6.07) is 0.146. The molecule has 1 amide bonds. The van der Waals surface area contributed by atoms with Crippen LogP contribution in [0.5, 0.6) is 0 Å². The van der Waals surface area contributed by atoms with Gasteiger partial charge in [0.2, 0.25) is 0 Å². The molecule has 23 heavy (non-hydrogen) atoms. The van der Waals surface area contributed by atoms with Gasteiger partial charge in [0.25, 0.3) is 0 Å². The minimum Gasteiger partial charge on any atom is -0.462 e. The molecule has 1 heterocycles. The maximum absolute atomic E-state index is 12.2. The van der Waals surface area contributed by atoms with E-state index in [4.69, 9.17) is 9.47 Å². The number of esters is 1. The van der Waals surface area contributed by atoms with Crippen molar-refractivity contribution < 1.29 is 19.1 Å². The molecular formula is C18H27NO4. The Morgan fingerprint density at radius 2 is 2.22 bits per heavy atom. The van der Waals surface area contributed by atoms with E-state index in [0.717, 1.165) is 25.7 Å². The molecule has 3 rings (SSSR count). The van der Waals surface area contributed by atoms with Crippen molar-refractivity contribution in [3.05, 3.63) is 12.7 Å². The molecule has 0 aromatic heterocycles. The molecule has 1 aliphatic heterocycles. The van der Waals surface area contributed by atoms with Crippen LogP contribution in [0.1, 0.15) is 39.5 Å². The number of alkyl carbamates (subject to hydrolysis) is 1. The van der Waals surface area contributed by atoms with Crippen molar-refractivity contribution in [2.75, 3.05) is 6.61 Å². The normalized spacial score (nSPS) is 42.2. The summed E-state index contributed by atoms with van der Waals surface area (Å²) in [6.45, 7) is 8.23. The number of fused-ring (bicyclic) bond motifs is 2. The highest BCUT2D eigenvalue weighted by atomic mass is 16.6. The number of amides is 1. The first-order chi connectivity index (χ1) is 11.0. The fourth-order valence-corrected chi connectivity index (χ4v) is 5.15. The quantitative estimate of drug-likeness (QED) is 0.641. The van der Waals surface area contributed by atoms with Gasteiger partial charge in [-0.25, -0.2) is 4.79 Å². The van der Waals surface area contributed by atoms with Gasteiger partial charge in [0.1, 0.15) is 6.10 Å². The van der Waals surface area contributed by atoms with Gasteiger partial charge in [-0.3, -0.25) is 4.79 Å². The van der Waals surface area contributed by atoms with E-state index in [0.29, 0.717) is 24.4 Å². The molecule has 7 atom stereocenters. The lowest BCUT2D eigenvalue weighted by Gasteiger charge is -2.47. The van der Waals surface area contributed by atoms with Crippen LogP contribution in [0.25, 0.3) is 0 Å². The summed E-state index contributed by atoms with van der Waals surface area (Å²) in [5, 5.41) is 2.96. The standard InChI is InChI=1S/C18H27NO4/c1-4-13-14-7-6-12(19-18(21)22-5-2)8-11(14)9-15-16(13)10(3)23-17(15)20/h4,10-16H,1,5-9H2,2-3H3,(H,19,21)/t10-,11+,12-,13+,14-,15-,16+/m1/s1. The second kappa shape index (κ2) is 6.54. The van der Waals surface area contributed by atoms with Crippen LogP contribution in [0.4, 0.5) is 4.79 Å². The van der Waals surface area contributed by atoms with Crippen LogP contribution in [0.2, 0.25) is 0 Å². The van der Waals surface area contributed by atoms with Gasteiger partial charge in [0, 0.05) is 12.0 Å². The average molecular weight is 321 g/mol. The third-order valence-electron chi connectivity index (χ3n) is 6.02. The number of ether oxygens (including phenoxy) is 2. The van der Waals surface area contributed by atoms with Crippen LogP contribution in [-0.4, -0.2) is 30.8 Å². The van der Waals surface area contributed by atoms with Gasteiger partial charge in [-0.1, -0.05) is 6.08 Å². The summed E-state index contributed by atoms with van der Waals surface area (Å²) in [6.07, 6.45) is 5.51. The molecule has 2 saturated carbocycles. The van der Waals surface area contributed by atoms with Crippen molar-refractivity contribution in [3.63, 3.8) is 0 Å². The highest BCUT2D eigenvalue weighted by Gasteiger charge is 2.54. The molecule has 0 spiro atoms. The first kappa shape index (κ1) is 16.3. The number of hydrogen-bond donors (Lipinski definition) is 1. The zero-order chi connectivity index (χ0) is 16.6. The first-order valence-corrected chi connectivity index (χ1v) is 8.81. The maximum Gasteiger partial charge on any atom is 0.407 e. The number of rotatable bonds is 3. The third-order valence-corrected chi connectivity index (χ3v) is 6.02. The zero-order valence-electron chi connectivity index (χ0n) is 14.0. The van der Waals surface area contributed by atoms with E-state index in [2.05, 4.69) is 11.9 Å². The Morgan fingerprint density at radius 3 is 2.91 bits per heavy atom. The fraction of sp³-hybridized carbons (Fsp3) is 0.778. The minimum atomic E-state index is -0.334. The molecule has 3 aliphatic rings. The SMILES string of the molecule is C=C[C@H]1[C@@H]2CC[C@@H](NC(=O)OCC)C[C@H]2C[C@H]2C(=O)O[C@H](C)[C@@H]12. The van der Waals surface area contributed by atoms with Crippen molar-refractivity contribution in [1.29, 1.82) is 0 Å². The smallest absolute Gasteiger partial charge is 0.407 e. The Labute approximate surface area is 137 Å². The van der Waals surface area contributed by atoms with Crippen LogP contribution in [0, 0.1) is 29.6 Å². The maximum atomic E-state index is 12.2. The van der Waals surface area contributed by atoms with Gasteiger partial charge < -0.3 is 14.8 Å². The Kier molecular flexibility index (Phi) is 4.64. The van der Waals surface area contributed by atoms with Crippen LogP contribution in [0.3, 0.4) is 0 Å². The lowest BCUT2D eigenvalue weighted by Crippen LogP contribution is -2.48. The van der Waals surface area contributed by atoms with E-state index < -0.39 is 0 Å². The van der Waals surface area contributed by atoms with Crippen molar-refractivity contribution in [1.82, 2.24) is 5.32 Å². The number of cyclic esters (lactones) is 1. The third kappa shape index (κ3) is 2.98. The Hall–Kier alpha value is -1.52. The zero-order valence-corrected chi connectivity index (χ0v) is 14.0. The highest BCUT2D eigenvalue weighted by Crippen LogP contribution is 2.53. The molecule has 5 heteroatoms. The fourth-order valence-electron chi connectivity index (χ4n) is 5.15. The molecule has 128 valence electrons. The van der Waals surface area contributed by atoms with Crippen molar-refractivity contribution in [2.45, 2.75) is 51.7 Å². The van der Waals surface area contributed by atoms with Crippen LogP contribution in [-0.2, 0) is 14.3 Å². The van der Waals surface area contributed by atoms with E-state index in [9.17, 15) is 9.59 Å². The molecular weight excluding hydrogens is 294 g/mol. The Balaban J connectivity index is 1.70. The topological polar surface area (TPSA) is 64.6 Å². The van der Waals surface area contributed by atoms with E-state index in [1.807, 2.05) is 13.0 Å². The average Bonchev–Trinajstić information content (AvgIpc) is 2.79. The Bertz CT molecular complexity index is 491. The molecule has 3 fully saturated rings. The molecule has 2 aliphatic carbocycles. The van der Waals surface area contributed by atoms with E-state index in [1.54, 1.807) is 6.92 Å². The molecule has 1 saturated heterocycles. The highest BCUT2D eigenvalue weighted by molar-refractivity contribution is 5.75. The van der Waals surface area contributed by atoms with Gasteiger partial charge in [-0.05, 0) is 57.3 Å². The van der Waals surface area contributed by atoms with Gasteiger partial charge in [0.15, 0.2) is 0 Å². The first-order valence-electron chi connectivity index (χ1n) is 8.81. The van der Waals surface area contributed by atoms with Gasteiger partial charge in [0.05, 0.1) is 12.5 Å². The molecule has 0 aromatic carbocycles. The van der Waals surface area contributed by atoms with Crippen molar-refractivity contribution in [2.24, 2.45) is 29.6 Å². The largest absolute Gasteiger partial charge is 0.462 e. The van der Waals surface area contributed by atoms with Crippen molar-refractivity contribution in [3.8, 4) is 0 Å². The number of carbonyl (C=O) groups is 2. The van der Waals surface area contributed by atoms with Crippen LogP contribution in [0.15, 0.2) is 12.7 Å². The minimum absolute atomic E-state index is 0.00408. The molecule has 0 radical (unpaired) electrons. The summed E-state index contributed by atoms with van der Waals surface area (Å²) in [4.78, 5) is 23.8. The molecule has 5 nitrogen and oxygen atoms in total. The number of hydrogen-bond acceptors (Lipinski definition) is 4. The predicted octanol–water partition coefficient (Wildman–Crippen LogP) is 2.90. The summed E-state index contributed by atoms with van der Waals surface area (Å²) in [7, 11) is 0. The summed E-state index contributed by atoms with van der Waals surface area (Å²) < 4.78 is 10.5. The summed E-state index contributed by atoms with van der Waals surface area (Å²) in [5.74, 6) is 1.55. The molecule has 0 unspecified atom stereocenters. The van der Waals surface area contributed by atoms with Gasteiger partial charge in [-0.15, -0.1) is 6.58 Å². The lowest BCUT2D eigenvalue weighted by molar-refractivity contribution is -0.144. The van der Waals surface area contributed by atoms with Crippen LogP contribution < -0.4 is 5.32 Å². The lowest BCUT2D eigenvalue weighted by atomic mass is 9.57. The monoisotopic (exact) mass is 321 g/mol. The summed E-state index contributed by atoms with van der Waals surface area (Å²) in [5.41, 5.74) is 0. The van der Waals surface area contributed by atoms with E-state index in [1.165, 1.54) is 0 Å². The number of allylic oxidation sites excluding steroid dienone is 1. The van der Waals surface area contributed by atoms with E-state index in [-0.39, 0.29) is 36.0 Å². The van der Waals surface area contributed by atoms with Crippen LogP contribution >= 0.6 is 0 Å². The molecule has 0 aromatic rings. The van der Waals surface area contributed by atoms with Gasteiger partial charge in [-0.2, -0.15) is 0 Å². The Morgan fingerprint density at radius 1 is 1.43 bits per heavy atom.